The Morgan fingerprint density at radius 3 is 2.47 bits per heavy atom. The van der Waals surface area contributed by atoms with Crippen molar-refractivity contribution < 1.29 is 4.74 Å². The van der Waals surface area contributed by atoms with Crippen molar-refractivity contribution >= 4 is 66.8 Å². The number of hydrogen-bond acceptors (Lipinski definition) is 5. The number of rotatable bonds is 6. The second-order valence-corrected chi connectivity index (χ2v) is 10.3. The summed E-state index contributed by atoms with van der Waals surface area (Å²) in [6, 6.07) is 0. The van der Waals surface area contributed by atoms with Crippen LogP contribution >= 0.6 is 0 Å². The molecule has 2 atom stereocenters. The van der Waals surface area contributed by atoms with Crippen molar-refractivity contribution in [2.24, 2.45) is 5.92 Å². The van der Waals surface area contributed by atoms with Crippen LogP contribution in [-0.2, 0) is 11.3 Å². The molecule has 6 nitrogen and oxygen atoms in total. The van der Waals surface area contributed by atoms with Crippen LogP contribution in [-0.4, -0.2) is 81.3 Å². The highest BCUT2D eigenvalue weighted by Gasteiger charge is 2.60. The van der Waals surface area contributed by atoms with E-state index < -0.39 is 0 Å². The quantitative estimate of drug-likeness (QED) is 0.400. The lowest BCUT2D eigenvalue weighted by atomic mass is 9.26. The van der Waals surface area contributed by atoms with Crippen LogP contribution in [0.25, 0.3) is 17.3 Å². The maximum Gasteiger partial charge on any atom is 0.134 e. The molecule has 1 saturated carbocycles. The lowest BCUT2D eigenvalue weighted by molar-refractivity contribution is 0.272. The van der Waals surface area contributed by atoms with Gasteiger partial charge in [-0.2, -0.15) is 5.10 Å². The first-order chi connectivity index (χ1) is 13.9. The molecule has 0 saturated heterocycles. The van der Waals surface area contributed by atoms with Crippen LogP contribution in [0.3, 0.4) is 0 Å². The number of ether oxygens (including phenoxy) is 1. The summed E-state index contributed by atoms with van der Waals surface area (Å²) in [5.74, 6) is 1.53. The number of hydrogen-bond donors (Lipinski definition) is 1. The number of nitrogens with zero attached hydrogens (tertiary/aromatic N) is 4. The number of aromatic nitrogens is 4. The molecule has 2 unspecified atom stereocenters. The average molecular weight is 396 g/mol. The Morgan fingerprint density at radius 1 is 1.17 bits per heavy atom. The van der Waals surface area contributed by atoms with Gasteiger partial charge in [0.2, 0.25) is 0 Å². The topological polar surface area (TPSA) is 78.9 Å². The zero-order valence-corrected chi connectivity index (χ0v) is 19.7. The zero-order valence-electron chi connectivity index (χ0n) is 19.7. The summed E-state index contributed by atoms with van der Waals surface area (Å²) in [5, 5.41) is 5.33. The highest BCUT2D eigenvalue weighted by atomic mass is 16.5. The smallest absolute Gasteiger partial charge is 0.134 e. The van der Waals surface area contributed by atoms with E-state index in [-0.39, 0.29) is 15.6 Å². The summed E-state index contributed by atoms with van der Waals surface area (Å²) in [7, 11) is 16.9. The van der Waals surface area contributed by atoms with E-state index >= 15 is 0 Å². The van der Waals surface area contributed by atoms with Crippen LogP contribution in [0.5, 0.6) is 0 Å². The van der Waals surface area contributed by atoms with Gasteiger partial charge in [-0.3, -0.25) is 4.68 Å². The van der Waals surface area contributed by atoms with Crippen molar-refractivity contribution in [3.63, 3.8) is 0 Å². The van der Waals surface area contributed by atoms with Crippen molar-refractivity contribution in [3.8, 4) is 11.3 Å². The van der Waals surface area contributed by atoms with Crippen molar-refractivity contribution in [2.75, 3.05) is 12.3 Å². The van der Waals surface area contributed by atoms with Gasteiger partial charge in [-0.1, -0.05) is 21.5 Å². The second-order valence-electron chi connectivity index (χ2n) is 10.3. The van der Waals surface area contributed by atoms with Crippen molar-refractivity contribution in [2.45, 2.75) is 34.9 Å². The predicted molar refractivity (Wildman–Crippen MR) is 143 cm³/mol. The fraction of sp³-hybridized carbons (Fsp3) is 0.471. The fourth-order valence-electron chi connectivity index (χ4n) is 5.42. The molecule has 3 rings (SSSR count). The molecule has 1 fully saturated rings. The Balaban J connectivity index is 1.93. The normalized spacial score (nSPS) is 24.2. The van der Waals surface area contributed by atoms with Gasteiger partial charge >= 0.3 is 0 Å². The van der Waals surface area contributed by atoms with Crippen LogP contribution < -0.4 is 5.73 Å². The lowest BCUT2D eigenvalue weighted by Crippen LogP contribution is -2.36. The molecule has 0 aliphatic heterocycles. The van der Waals surface area contributed by atoms with Gasteiger partial charge in [0.25, 0.3) is 0 Å². The summed E-state index contributed by atoms with van der Waals surface area (Å²) >= 11 is 0. The maximum absolute atomic E-state index is 6.11. The highest BCUT2D eigenvalue weighted by molar-refractivity contribution is 6.61. The largest absolute Gasteiger partial charge is 0.501 e. The molecular formula is C17H30B7N5O. The third-order valence-electron chi connectivity index (χ3n) is 8.32. The molecule has 0 amide bonds. The fourth-order valence-corrected chi connectivity index (χ4v) is 5.42. The Hall–Kier alpha value is -1.92. The van der Waals surface area contributed by atoms with E-state index in [1.54, 1.807) is 6.26 Å². The summed E-state index contributed by atoms with van der Waals surface area (Å²) in [6.45, 7) is 3.41. The van der Waals surface area contributed by atoms with Crippen molar-refractivity contribution in [3.05, 3.63) is 30.5 Å². The molecule has 2 heterocycles. The maximum atomic E-state index is 6.11. The molecule has 13 heteroatoms. The third-order valence-corrected chi connectivity index (χ3v) is 8.32. The average Bonchev–Trinajstić information content (AvgIpc) is 3.17. The molecule has 0 aromatic carbocycles. The van der Waals surface area contributed by atoms with Gasteiger partial charge in [0.15, 0.2) is 0 Å². The minimum Gasteiger partial charge on any atom is -0.501 e. The molecule has 2 N–H and O–H groups in total. The van der Waals surface area contributed by atoms with Gasteiger partial charge in [0.1, 0.15) is 20.0 Å². The van der Waals surface area contributed by atoms with Crippen LogP contribution in [0.1, 0.15) is 12.5 Å². The first-order valence-electron chi connectivity index (χ1n) is 10.9. The van der Waals surface area contributed by atoms with Gasteiger partial charge in [0.05, 0.1) is 71.8 Å². The summed E-state index contributed by atoms with van der Waals surface area (Å²) in [5.41, 5.74) is 8.56. The van der Waals surface area contributed by atoms with E-state index in [0.717, 1.165) is 23.4 Å². The van der Waals surface area contributed by atoms with Crippen LogP contribution in [0, 0.1) is 5.92 Å². The SMILES string of the molecule is BC1C(B)(B)C(Cn2cc(-c3ncnc(N)c3/C=C/OCC)cn2)C(B)(B)C1(B)B. The van der Waals surface area contributed by atoms with E-state index in [1.165, 1.54) is 6.33 Å². The van der Waals surface area contributed by atoms with Crippen LogP contribution in [0.4, 0.5) is 5.82 Å². The van der Waals surface area contributed by atoms with Crippen LogP contribution in [0.15, 0.2) is 25.0 Å². The standard InChI is InChI=1S/C17H30B7N5O/c1-2-30-4-3-10-12(26-8-27-13(10)25)9-5-28-29(6-9)7-11-15(19,20)14(18)17(23,24)16(11,21)22/h3-6,8,11,14H,2,7,18-24H2,1H3,(H2,25,26,27)/b4-3+. The Labute approximate surface area is 186 Å². The Bertz CT molecular complexity index is 946. The Morgan fingerprint density at radius 2 is 1.87 bits per heavy atom. The monoisotopic (exact) mass is 397 g/mol. The third kappa shape index (κ3) is 3.65. The van der Waals surface area contributed by atoms with Crippen molar-refractivity contribution in [1.29, 1.82) is 0 Å². The second kappa shape index (κ2) is 7.97. The summed E-state index contributed by atoms with van der Waals surface area (Å²) < 4.78 is 7.40. The molecule has 150 valence electrons. The van der Waals surface area contributed by atoms with Gasteiger partial charge in [-0.05, 0) is 18.9 Å². The molecule has 0 bridgehead atoms. The number of nitrogen functional groups attached to an aromatic ring is 1. The van der Waals surface area contributed by atoms with Crippen molar-refractivity contribution in [1.82, 2.24) is 19.7 Å². The molecule has 0 radical (unpaired) electrons. The lowest BCUT2D eigenvalue weighted by Gasteiger charge is -2.42. The van der Waals surface area contributed by atoms with E-state index in [2.05, 4.69) is 80.9 Å². The summed E-state index contributed by atoms with van der Waals surface area (Å²) in [6.07, 6.45) is 8.88. The summed E-state index contributed by atoms with van der Waals surface area (Å²) in [4.78, 5) is 8.60. The zero-order chi connectivity index (χ0) is 22.3. The van der Waals surface area contributed by atoms with Gasteiger partial charge in [-0.15, -0.1) is 0 Å². The van der Waals surface area contributed by atoms with Gasteiger partial charge < -0.3 is 10.5 Å². The first-order valence-corrected chi connectivity index (χ1v) is 10.9. The highest BCUT2D eigenvalue weighted by Crippen LogP contribution is 2.73. The molecule has 2 aromatic heterocycles. The molecule has 30 heavy (non-hydrogen) atoms. The Kier molecular flexibility index (Phi) is 6.05. The van der Waals surface area contributed by atoms with Crippen LogP contribution in [0.2, 0.25) is 21.5 Å². The minimum absolute atomic E-state index is 0.187. The van der Waals surface area contributed by atoms with E-state index in [0.29, 0.717) is 24.2 Å². The van der Waals surface area contributed by atoms with E-state index in [9.17, 15) is 0 Å². The first kappa shape index (κ1) is 22.8. The minimum atomic E-state index is 0.187. The van der Waals surface area contributed by atoms with Gasteiger partial charge in [0, 0.05) is 23.9 Å². The molecular weight excluding hydrogens is 366 g/mol. The molecule has 1 aliphatic rings. The van der Waals surface area contributed by atoms with E-state index in [1.807, 2.05) is 19.2 Å². The number of anilines is 1. The van der Waals surface area contributed by atoms with E-state index in [4.69, 9.17) is 10.5 Å². The predicted octanol–water partition coefficient (Wildman–Crippen LogP) is -3.87. The molecule has 1 aliphatic carbocycles. The van der Waals surface area contributed by atoms with Gasteiger partial charge in [-0.25, -0.2) is 9.97 Å². The molecule has 0 spiro atoms. The molecule has 2 aromatic rings. The number of nitrogens with two attached hydrogens (primary N) is 1.